The molecule has 5 rings (SSSR count). The molecule has 2 aliphatic rings. The number of aliphatic hydroxyl groups is 1. The molecule has 14 heteroatoms. The van der Waals surface area contributed by atoms with Gasteiger partial charge in [0.05, 0.1) is 18.5 Å². The highest BCUT2D eigenvalue weighted by atomic mass is 16.6. The first-order valence-electron chi connectivity index (χ1n) is 20.2. The van der Waals surface area contributed by atoms with Gasteiger partial charge in [-0.2, -0.15) is 0 Å². The Morgan fingerprint density at radius 2 is 1.55 bits per heavy atom. The minimum atomic E-state index is -1.02. The molecule has 0 bridgehead atoms. The van der Waals surface area contributed by atoms with Crippen LogP contribution in [0.25, 0.3) is 0 Å². The van der Waals surface area contributed by atoms with Gasteiger partial charge in [0, 0.05) is 62.8 Å². The molecule has 1 aromatic carbocycles. The van der Waals surface area contributed by atoms with E-state index in [1.54, 1.807) is 43.0 Å². The molecule has 56 heavy (non-hydrogen) atoms. The molecule has 1 aliphatic carbocycles. The Kier molecular flexibility index (Phi) is 15.7. The number of aromatic nitrogens is 3. The molecule has 3 aromatic rings. The Morgan fingerprint density at radius 1 is 0.875 bits per heavy atom. The molecular weight excluding hydrogens is 713 g/mol. The number of rotatable bonds is 16. The molecule has 2 aromatic heterocycles. The number of carbonyl (C=O) groups is 4. The van der Waals surface area contributed by atoms with Crippen molar-refractivity contribution in [2.75, 3.05) is 26.2 Å². The van der Waals surface area contributed by atoms with Gasteiger partial charge in [0.15, 0.2) is 0 Å². The van der Waals surface area contributed by atoms with Crippen molar-refractivity contribution >= 4 is 23.9 Å². The molecule has 0 radical (unpaired) electrons. The topological polar surface area (TPSA) is 182 Å². The van der Waals surface area contributed by atoms with E-state index in [2.05, 4.69) is 30.9 Å². The van der Waals surface area contributed by atoms with Crippen LogP contribution in [0.2, 0.25) is 0 Å². The van der Waals surface area contributed by atoms with E-state index in [1.165, 1.54) is 12.7 Å². The molecule has 2 fully saturated rings. The monoisotopic (exact) mass is 772 g/mol. The maximum Gasteiger partial charge on any atom is 0.410 e. The Morgan fingerprint density at radius 3 is 2.21 bits per heavy atom. The molecule has 14 nitrogen and oxygen atoms in total. The van der Waals surface area contributed by atoms with Crippen molar-refractivity contribution in [3.05, 3.63) is 84.2 Å². The quantitative estimate of drug-likeness (QED) is 0.141. The number of urea groups is 1. The normalized spacial score (nSPS) is 17.3. The number of aromatic amines is 1. The predicted octanol–water partition coefficient (Wildman–Crippen LogP) is 4.54. The first-order chi connectivity index (χ1) is 26.9. The Labute approximate surface area is 330 Å². The lowest BCUT2D eigenvalue weighted by atomic mass is 9.83. The number of piperazine rings is 1. The van der Waals surface area contributed by atoms with Crippen molar-refractivity contribution in [2.24, 2.45) is 5.92 Å². The standard InChI is InChI=1S/C42H60N8O6/c1-42(2,3)56-41(55)50-23-21-49(22-24-50)40(54)48-35(26-31-15-8-5-9-16-31)38(52)47-36(27-33-28-43-29-45-33)39(53)46-34(25-30-13-6-4-7-14-30)37(51)19-12-18-32-17-10-11-20-44-32/h5,8-11,15-17,20,28-30,34-37,51H,4,6-7,12-14,18-19,21-27H2,1-3H3,(H,43,45)(H,46,53)(H,47,52)(H,48,54)/t34-,35-,36-,37-/m0/s1. The Bertz CT molecular complexity index is 1660. The second kappa shape index (κ2) is 20.8. The number of hydrogen-bond acceptors (Lipinski definition) is 8. The fourth-order valence-corrected chi connectivity index (χ4v) is 7.43. The minimum absolute atomic E-state index is 0.127. The van der Waals surface area contributed by atoms with Gasteiger partial charge in [0.2, 0.25) is 11.8 Å². The van der Waals surface area contributed by atoms with E-state index in [1.807, 2.05) is 48.5 Å². The average Bonchev–Trinajstić information content (AvgIpc) is 3.71. The highest BCUT2D eigenvalue weighted by Gasteiger charge is 2.34. The van der Waals surface area contributed by atoms with E-state index >= 15 is 0 Å². The van der Waals surface area contributed by atoms with Crippen molar-refractivity contribution in [2.45, 2.75) is 121 Å². The molecule has 1 saturated carbocycles. The summed E-state index contributed by atoms with van der Waals surface area (Å²) in [7, 11) is 0. The molecule has 0 spiro atoms. The number of aryl methyl sites for hydroxylation is 1. The number of imidazole rings is 1. The Balaban J connectivity index is 1.28. The maximum atomic E-state index is 14.3. The van der Waals surface area contributed by atoms with Gasteiger partial charge < -0.3 is 40.6 Å². The molecular formula is C42H60N8O6. The highest BCUT2D eigenvalue weighted by molar-refractivity contribution is 5.92. The first-order valence-corrected chi connectivity index (χ1v) is 20.2. The zero-order chi connectivity index (χ0) is 39.9. The van der Waals surface area contributed by atoms with Crippen molar-refractivity contribution in [1.29, 1.82) is 0 Å². The van der Waals surface area contributed by atoms with E-state index in [0.717, 1.165) is 36.9 Å². The summed E-state index contributed by atoms with van der Waals surface area (Å²) < 4.78 is 5.50. The number of aliphatic hydroxyl groups excluding tert-OH is 1. The maximum absolute atomic E-state index is 14.3. The van der Waals surface area contributed by atoms with E-state index in [-0.39, 0.29) is 25.9 Å². The minimum Gasteiger partial charge on any atom is -0.444 e. The Hall–Kier alpha value is -4.98. The van der Waals surface area contributed by atoms with Crippen LogP contribution in [-0.2, 0) is 33.6 Å². The average molecular weight is 773 g/mol. The number of benzene rings is 1. The molecule has 5 N–H and O–H groups in total. The van der Waals surface area contributed by atoms with Crippen molar-refractivity contribution in [1.82, 2.24) is 40.7 Å². The number of carbonyl (C=O) groups excluding carboxylic acids is 4. The summed E-state index contributed by atoms with van der Waals surface area (Å²) in [6.45, 7) is 6.54. The predicted molar refractivity (Wildman–Crippen MR) is 212 cm³/mol. The lowest BCUT2D eigenvalue weighted by Crippen LogP contribution is -2.60. The van der Waals surface area contributed by atoms with E-state index in [0.29, 0.717) is 50.4 Å². The van der Waals surface area contributed by atoms with Gasteiger partial charge in [-0.1, -0.05) is 68.5 Å². The number of pyridine rings is 1. The lowest BCUT2D eigenvalue weighted by molar-refractivity contribution is -0.131. The molecule has 5 amide bonds. The third kappa shape index (κ3) is 13.6. The van der Waals surface area contributed by atoms with Crippen LogP contribution in [0.5, 0.6) is 0 Å². The molecule has 1 aliphatic heterocycles. The van der Waals surface area contributed by atoms with Gasteiger partial charge in [-0.05, 0) is 70.1 Å². The third-order valence-corrected chi connectivity index (χ3v) is 10.5. The van der Waals surface area contributed by atoms with Crippen LogP contribution in [0.15, 0.2) is 67.3 Å². The summed E-state index contributed by atoms with van der Waals surface area (Å²) in [5.41, 5.74) is 1.80. The molecule has 1 saturated heterocycles. The highest BCUT2D eigenvalue weighted by Crippen LogP contribution is 2.29. The van der Waals surface area contributed by atoms with Crippen molar-refractivity contribution < 1.29 is 29.0 Å². The second-order valence-electron chi connectivity index (χ2n) is 16.1. The molecule has 0 unspecified atom stereocenters. The zero-order valence-electron chi connectivity index (χ0n) is 33.1. The van der Waals surface area contributed by atoms with Crippen molar-refractivity contribution in [3.8, 4) is 0 Å². The third-order valence-electron chi connectivity index (χ3n) is 10.5. The summed E-state index contributed by atoms with van der Waals surface area (Å²) in [4.78, 5) is 69.4. The molecule has 304 valence electrons. The van der Waals surface area contributed by atoms with Crippen LogP contribution < -0.4 is 16.0 Å². The van der Waals surface area contributed by atoms with Crippen LogP contribution in [0.1, 0.15) is 89.1 Å². The van der Waals surface area contributed by atoms with E-state index < -0.39 is 53.8 Å². The smallest absolute Gasteiger partial charge is 0.410 e. The number of hydrogen-bond donors (Lipinski definition) is 5. The second-order valence-corrected chi connectivity index (χ2v) is 16.1. The molecule has 4 atom stereocenters. The SMILES string of the molecule is CC(C)(C)OC(=O)N1CCN(C(=O)N[C@@H](Cc2ccccc2)C(=O)N[C@@H](Cc2cnc[nH]2)C(=O)N[C@@H](CC2CCCCC2)[C@@H](O)CCCc2ccccn2)CC1. The van der Waals surface area contributed by atoms with Gasteiger partial charge in [-0.15, -0.1) is 0 Å². The zero-order valence-corrected chi connectivity index (χ0v) is 33.1. The number of nitrogens with zero attached hydrogens (tertiary/aromatic N) is 4. The van der Waals surface area contributed by atoms with Crippen LogP contribution in [-0.4, -0.2) is 110 Å². The van der Waals surface area contributed by atoms with Crippen LogP contribution in [0.4, 0.5) is 9.59 Å². The summed E-state index contributed by atoms with van der Waals surface area (Å²) in [6, 6.07) is 12.2. The summed E-state index contributed by atoms with van der Waals surface area (Å²) >= 11 is 0. The summed E-state index contributed by atoms with van der Waals surface area (Å²) in [5, 5.41) is 20.5. The number of H-pyrrole nitrogens is 1. The van der Waals surface area contributed by atoms with Crippen LogP contribution in [0.3, 0.4) is 0 Å². The number of nitrogens with one attached hydrogen (secondary N) is 4. The van der Waals surface area contributed by atoms with Crippen molar-refractivity contribution in [3.63, 3.8) is 0 Å². The summed E-state index contributed by atoms with van der Waals surface area (Å²) in [5.74, 6) is -0.550. The number of amides is 5. The van der Waals surface area contributed by atoms with Crippen LogP contribution >= 0.6 is 0 Å². The van der Waals surface area contributed by atoms with Gasteiger partial charge in [-0.25, -0.2) is 14.6 Å². The van der Waals surface area contributed by atoms with E-state index in [4.69, 9.17) is 4.74 Å². The fraction of sp³-hybridized carbons (Fsp3) is 0.571. The van der Waals surface area contributed by atoms with Gasteiger partial charge in [-0.3, -0.25) is 14.6 Å². The fourth-order valence-electron chi connectivity index (χ4n) is 7.43. The lowest BCUT2D eigenvalue weighted by Gasteiger charge is -2.36. The first kappa shape index (κ1) is 42.2. The summed E-state index contributed by atoms with van der Waals surface area (Å²) in [6.07, 6.45) is 12.1. The van der Waals surface area contributed by atoms with Gasteiger partial charge in [0.25, 0.3) is 0 Å². The number of ether oxygens (including phenoxy) is 1. The molecule has 3 heterocycles. The van der Waals surface area contributed by atoms with Gasteiger partial charge >= 0.3 is 12.1 Å². The van der Waals surface area contributed by atoms with Crippen LogP contribution in [0, 0.1) is 5.92 Å². The van der Waals surface area contributed by atoms with E-state index in [9.17, 15) is 24.3 Å². The van der Waals surface area contributed by atoms with Gasteiger partial charge in [0.1, 0.15) is 17.7 Å². The largest absolute Gasteiger partial charge is 0.444 e.